The number of halogens is 1. The molecule has 1 atom stereocenters. The number of carbonyl (C=O) groups excluding carboxylic acids is 1. The predicted octanol–water partition coefficient (Wildman–Crippen LogP) is 1.80. The zero-order chi connectivity index (χ0) is 21.8. The number of hydrogen-bond acceptors (Lipinski definition) is 5. The van der Waals surface area contributed by atoms with Gasteiger partial charge in [-0.1, -0.05) is 17.7 Å². The molecule has 8 nitrogen and oxygen atoms in total. The van der Waals surface area contributed by atoms with Crippen LogP contribution in [0.25, 0.3) is 0 Å². The molecule has 2 saturated heterocycles. The lowest BCUT2D eigenvalue weighted by Crippen LogP contribution is -2.42. The fourth-order valence-corrected chi connectivity index (χ4v) is 6.49. The molecule has 1 N–H and O–H groups in total. The summed E-state index contributed by atoms with van der Waals surface area (Å²) in [7, 11) is -7.03. The molecule has 0 bridgehead atoms. The predicted molar refractivity (Wildman–Crippen MR) is 115 cm³/mol. The minimum atomic E-state index is -3.56. The molecule has 0 aliphatic carbocycles. The summed E-state index contributed by atoms with van der Waals surface area (Å²) in [5.74, 6) is -0.591. The summed E-state index contributed by atoms with van der Waals surface area (Å²) in [4.78, 5) is 12.5. The monoisotopic (exact) mass is 475 g/mol. The molecule has 2 heterocycles. The third-order valence-electron chi connectivity index (χ3n) is 5.27. The van der Waals surface area contributed by atoms with Gasteiger partial charge in [-0.3, -0.25) is 4.79 Å². The van der Waals surface area contributed by atoms with Gasteiger partial charge in [-0.25, -0.2) is 8.42 Å². The summed E-state index contributed by atoms with van der Waals surface area (Å²) >= 11 is 5.77. The molecule has 2 aliphatic heterocycles. The maximum atomic E-state index is 12.6. The number of carbonyl (C=O) groups is 1. The molecule has 0 spiro atoms. The van der Waals surface area contributed by atoms with Crippen LogP contribution < -0.4 is 5.32 Å². The van der Waals surface area contributed by atoms with E-state index >= 15 is 0 Å². The molecule has 0 unspecified atom stereocenters. The Balaban J connectivity index is 1.44. The van der Waals surface area contributed by atoms with Crippen LogP contribution in [-0.2, 0) is 24.8 Å². The van der Waals surface area contributed by atoms with Crippen LogP contribution in [0.1, 0.15) is 25.7 Å². The Morgan fingerprint density at radius 1 is 1.07 bits per heavy atom. The van der Waals surface area contributed by atoms with Gasteiger partial charge in [0, 0.05) is 43.2 Å². The lowest BCUT2D eigenvalue weighted by molar-refractivity contribution is -0.124. The van der Waals surface area contributed by atoms with Crippen LogP contribution in [0, 0.1) is 5.92 Å². The van der Waals surface area contributed by atoms with Gasteiger partial charge in [0.2, 0.25) is 5.91 Å². The Kier molecular flexibility index (Phi) is 7.56. The molecule has 1 aromatic rings. The van der Waals surface area contributed by atoms with Gasteiger partial charge in [-0.05, 0) is 49.9 Å². The molecule has 166 valence electrons. The van der Waals surface area contributed by atoms with E-state index in [2.05, 4.69) is 5.32 Å². The van der Waals surface area contributed by atoms with Crippen molar-refractivity contribution in [2.75, 3.05) is 32.7 Å². The smallest absolute Gasteiger partial charge is 0.281 e. The van der Waals surface area contributed by atoms with E-state index in [0.29, 0.717) is 37.5 Å². The quantitative estimate of drug-likeness (QED) is 0.577. The average molecular weight is 476 g/mol. The lowest BCUT2D eigenvalue weighted by atomic mass is 10.1. The summed E-state index contributed by atoms with van der Waals surface area (Å²) in [5, 5.41) is 4.33. The van der Waals surface area contributed by atoms with Crippen LogP contribution in [0.5, 0.6) is 0 Å². The highest BCUT2D eigenvalue weighted by molar-refractivity contribution is 7.94. The van der Waals surface area contributed by atoms with E-state index in [1.165, 1.54) is 39.0 Å². The summed E-state index contributed by atoms with van der Waals surface area (Å²) < 4.78 is 52.4. The first kappa shape index (κ1) is 23.2. The van der Waals surface area contributed by atoms with Gasteiger partial charge in [0.15, 0.2) is 9.84 Å². The highest BCUT2D eigenvalue weighted by Crippen LogP contribution is 2.24. The Bertz CT molecular complexity index is 988. The fourth-order valence-electron chi connectivity index (χ4n) is 3.55. The van der Waals surface area contributed by atoms with E-state index in [9.17, 15) is 21.6 Å². The van der Waals surface area contributed by atoms with E-state index in [-0.39, 0.29) is 29.8 Å². The number of nitrogens with zero attached hydrogens (tertiary/aromatic N) is 2. The second-order valence-corrected chi connectivity index (χ2v) is 11.6. The zero-order valence-electron chi connectivity index (χ0n) is 16.5. The van der Waals surface area contributed by atoms with Gasteiger partial charge in [0.05, 0.1) is 10.8 Å². The van der Waals surface area contributed by atoms with Crippen LogP contribution in [-0.4, -0.2) is 64.1 Å². The van der Waals surface area contributed by atoms with E-state index in [4.69, 9.17) is 11.6 Å². The van der Waals surface area contributed by atoms with Gasteiger partial charge < -0.3 is 5.32 Å². The molecule has 3 rings (SSSR count). The molecule has 30 heavy (non-hydrogen) atoms. The Morgan fingerprint density at radius 2 is 1.73 bits per heavy atom. The summed E-state index contributed by atoms with van der Waals surface area (Å²) in [6.45, 7) is 1.89. The van der Waals surface area contributed by atoms with Crippen LogP contribution in [0.2, 0.25) is 5.02 Å². The third kappa shape index (κ3) is 5.61. The standard InChI is InChI=1S/C19H26ClN3O5S2/c20-17-5-7-18(8-6-17)29(25,26)14-4-1-10-21-19(24)16-9-13-23(15-16)30(27,28)22-11-2-3-12-22/h4-8,14,16H,1-3,9-13,15H2,(H,21,24)/b14-4+/t16-/m0/s1. The summed E-state index contributed by atoms with van der Waals surface area (Å²) in [5.41, 5.74) is 0. The molecule has 1 amide bonds. The van der Waals surface area contributed by atoms with Crippen molar-refractivity contribution in [3.63, 3.8) is 0 Å². The molecule has 2 fully saturated rings. The second-order valence-electron chi connectivity index (χ2n) is 7.41. The maximum absolute atomic E-state index is 12.6. The van der Waals surface area contributed by atoms with Crippen molar-refractivity contribution in [2.45, 2.75) is 30.6 Å². The number of sulfone groups is 1. The van der Waals surface area contributed by atoms with Crippen molar-refractivity contribution in [1.29, 1.82) is 0 Å². The van der Waals surface area contributed by atoms with Gasteiger partial charge in [-0.2, -0.15) is 17.0 Å². The number of hydrogen-bond donors (Lipinski definition) is 1. The lowest BCUT2D eigenvalue weighted by Gasteiger charge is -2.23. The highest BCUT2D eigenvalue weighted by Gasteiger charge is 2.38. The molecule has 0 aromatic heterocycles. The summed E-state index contributed by atoms with van der Waals surface area (Å²) in [6, 6.07) is 5.90. The van der Waals surface area contributed by atoms with Crippen LogP contribution >= 0.6 is 11.6 Å². The number of amides is 1. The van der Waals surface area contributed by atoms with E-state index in [0.717, 1.165) is 18.2 Å². The van der Waals surface area contributed by atoms with Crippen molar-refractivity contribution in [1.82, 2.24) is 13.9 Å². The minimum Gasteiger partial charge on any atom is -0.356 e. The van der Waals surface area contributed by atoms with Gasteiger partial charge in [-0.15, -0.1) is 0 Å². The second kappa shape index (κ2) is 9.78. The number of nitrogens with one attached hydrogen (secondary N) is 1. The molecule has 1 aromatic carbocycles. The molecule has 11 heteroatoms. The molecular weight excluding hydrogens is 450 g/mol. The van der Waals surface area contributed by atoms with Crippen LogP contribution in [0.3, 0.4) is 0 Å². The van der Waals surface area contributed by atoms with Crippen molar-refractivity contribution in [2.24, 2.45) is 5.92 Å². The summed E-state index contributed by atoms with van der Waals surface area (Å²) in [6.07, 6.45) is 4.07. The molecule has 0 radical (unpaired) electrons. The van der Waals surface area contributed by atoms with E-state index in [1.54, 1.807) is 0 Å². The van der Waals surface area contributed by atoms with Crippen molar-refractivity contribution in [3.05, 3.63) is 40.8 Å². The van der Waals surface area contributed by atoms with Crippen molar-refractivity contribution < 1.29 is 21.6 Å². The number of benzene rings is 1. The van der Waals surface area contributed by atoms with Gasteiger partial charge in [0.25, 0.3) is 10.2 Å². The number of rotatable bonds is 8. The minimum absolute atomic E-state index is 0.150. The first-order valence-electron chi connectivity index (χ1n) is 9.90. The molecule has 0 saturated carbocycles. The van der Waals surface area contributed by atoms with Crippen molar-refractivity contribution in [3.8, 4) is 0 Å². The van der Waals surface area contributed by atoms with Gasteiger partial charge in [0.1, 0.15) is 0 Å². The molecular formula is C19H26ClN3O5S2. The van der Waals surface area contributed by atoms with E-state index in [1.807, 2.05) is 0 Å². The maximum Gasteiger partial charge on any atom is 0.281 e. The Morgan fingerprint density at radius 3 is 2.40 bits per heavy atom. The van der Waals surface area contributed by atoms with Crippen molar-refractivity contribution >= 4 is 37.6 Å². The Hall–Kier alpha value is -1.46. The van der Waals surface area contributed by atoms with Gasteiger partial charge >= 0.3 is 0 Å². The Labute approximate surface area is 183 Å². The SMILES string of the molecule is O=C(NCC/C=C/S(=O)(=O)c1ccc(Cl)cc1)[C@H]1CCN(S(=O)(=O)N2CCCC2)C1. The zero-order valence-corrected chi connectivity index (χ0v) is 18.9. The van der Waals surface area contributed by atoms with E-state index < -0.39 is 20.0 Å². The normalized spacial score (nSPS) is 21.4. The third-order valence-corrected chi connectivity index (χ3v) is 9.00. The van der Waals surface area contributed by atoms with Crippen LogP contribution in [0.4, 0.5) is 0 Å². The fraction of sp³-hybridized carbons (Fsp3) is 0.526. The first-order valence-corrected chi connectivity index (χ1v) is 13.2. The largest absolute Gasteiger partial charge is 0.356 e. The highest BCUT2D eigenvalue weighted by atomic mass is 35.5. The average Bonchev–Trinajstić information content (AvgIpc) is 3.40. The topological polar surface area (TPSA) is 104 Å². The van der Waals surface area contributed by atoms with Crippen LogP contribution in [0.15, 0.2) is 40.6 Å². The first-order chi connectivity index (χ1) is 14.2. The molecule has 2 aliphatic rings.